The van der Waals surface area contributed by atoms with Gasteiger partial charge in [-0.3, -0.25) is 4.57 Å². The zero-order valence-electron chi connectivity index (χ0n) is 16.8. The third-order valence-corrected chi connectivity index (χ3v) is 6.45. The van der Waals surface area contributed by atoms with E-state index < -0.39 is 7.60 Å². The number of pyridine rings is 1. The van der Waals surface area contributed by atoms with E-state index in [2.05, 4.69) is 10.4 Å². The van der Waals surface area contributed by atoms with E-state index in [1.165, 1.54) is 25.3 Å². The van der Waals surface area contributed by atoms with E-state index in [-0.39, 0.29) is 5.50 Å². The van der Waals surface area contributed by atoms with Gasteiger partial charge in [0.05, 0.1) is 0 Å². The molecule has 0 unspecified atom stereocenters. The molecule has 31 heavy (non-hydrogen) atoms. The summed E-state index contributed by atoms with van der Waals surface area (Å²) in [6, 6.07) is 14.8. The molecular weight excluding hydrogens is 415 g/mol. The number of hydrogen-bond donors (Lipinski definition) is 3. The van der Waals surface area contributed by atoms with E-state index in [4.69, 9.17) is 9.40 Å². The van der Waals surface area contributed by atoms with Gasteiger partial charge in [0.25, 0.3) is 0 Å². The van der Waals surface area contributed by atoms with Crippen molar-refractivity contribution in [1.29, 1.82) is 0 Å². The zero-order valence-corrected chi connectivity index (χ0v) is 17.7. The van der Waals surface area contributed by atoms with Gasteiger partial charge in [-0.2, -0.15) is 4.98 Å². The molecule has 1 fully saturated rings. The molecule has 1 aliphatic carbocycles. The highest BCUT2D eigenvalue weighted by molar-refractivity contribution is 7.59. The third kappa shape index (κ3) is 4.14. The number of hydrogen-bond acceptors (Lipinski definition) is 5. The van der Waals surface area contributed by atoms with Gasteiger partial charge in [-0.25, -0.2) is 4.52 Å². The van der Waals surface area contributed by atoms with Crippen molar-refractivity contribution < 1.29 is 18.8 Å². The minimum atomic E-state index is -4.43. The van der Waals surface area contributed by atoms with Crippen LogP contribution in [0.5, 0.6) is 0 Å². The van der Waals surface area contributed by atoms with E-state index in [9.17, 15) is 14.4 Å². The Bertz CT molecular complexity index is 1270. The summed E-state index contributed by atoms with van der Waals surface area (Å²) in [6.07, 6.45) is 7.93. The highest BCUT2D eigenvalue weighted by atomic mass is 31.2. The summed E-state index contributed by atoms with van der Waals surface area (Å²) in [5, 5.41) is 8.06. The maximum absolute atomic E-state index is 11.4. The van der Waals surface area contributed by atoms with Crippen molar-refractivity contribution >= 4 is 24.7 Å². The maximum atomic E-state index is 11.4. The molecular formula is C22H23N4O4P. The zero-order chi connectivity index (χ0) is 21.4. The van der Waals surface area contributed by atoms with Gasteiger partial charge in [0.15, 0.2) is 5.65 Å². The number of nitrogens with one attached hydrogen (secondary N) is 1. The smallest absolute Gasteiger partial charge is 0.391 e. The van der Waals surface area contributed by atoms with Crippen LogP contribution >= 0.6 is 7.60 Å². The van der Waals surface area contributed by atoms with Gasteiger partial charge in [-0.15, -0.1) is 5.10 Å². The summed E-state index contributed by atoms with van der Waals surface area (Å²) >= 11 is 0. The fourth-order valence-corrected chi connectivity index (χ4v) is 4.59. The molecule has 0 radical (unpaired) electrons. The van der Waals surface area contributed by atoms with E-state index in [1.807, 2.05) is 42.6 Å². The number of rotatable bonds is 5. The molecule has 0 bridgehead atoms. The van der Waals surface area contributed by atoms with E-state index in [0.29, 0.717) is 17.8 Å². The molecule has 5 rings (SSSR count). The second-order valence-electron chi connectivity index (χ2n) is 7.87. The third-order valence-electron chi connectivity index (χ3n) is 5.64. The standard InChI is InChI=1S/C22H23N4O4P/c27-31(28,29)20-12-11-19(30-20)16-7-4-6-15(14-16)18-10-5-13-26-21(18)24-22(25-26)23-17-8-2-1-3-9-17/h4-7,10-14,17H,1-3,8-9H2,(H,23,25)(H2,27,28,29). The van der Waals surface area contributed by atoms with Crippen LogP contribution in [0.2, 0.25) is 0 Å². The first-order valence-electron chi connectivity index (χ1n) is 10.4. The number of fused-ring (bicyclic) bond motifs is 1. The van der Waals surface area contributed by atoms with Crippen LogP contribution in [0.25, 0.3) is 28.1 Å². The molecule has 4 aromatic rings. The van der Waals surface area contributed by atoms with Crippen molar-refractivity contribution in [3.63, 3.8) is 0 Å². The summed E-state index contributed by atoms with van der Waals surface area (Å²) in [6.45, 7) is 0. The second-order valence-corrected chi connectivity index (χ2v) is 9.40. The van der Waals surface area contributed by atoms with E-state index >= 15 is 0 Å². The number of anilines is 1. The molecule has 0 atom stereocenters. The molecule has 0 saturated heterocycles. The van der Waals surface area contributed by atoms with Crippen LogP contribution in [0.15, 0.2) is 59.1 Å². The molecule has 1 aromatic carbocycles. The molecule has 3 N–H and O–H groups in total. The van der Waals surface area contributed by atoms with Crippen molar-refractivity contribution in [2.24, 2.45) is 0 Å². The summed E-state index contributed by atoms with van der Waals surface area (Å²) in [4.78, 5) is 23.4. The minimum Gasteiger partial charge on any atom is -0.448 e. The van der Waals surface area contributed by atoms with Crippen molar-refractivity contribution in [1.82, 2.24) is 14.6 Å². The second kappa shape index (κ2) is 7.96. The molecule has 1 saturated carbocycles. The first-order chi connectivity index (χ1) is 15.0. The molecule has 1 aliphatic rings. The highest BCUT2D eigenvalue weighted by Gasteiger charge is 2.22. The first kappa shape index (κ1) is 20.0. The Morgan fingerprint density at radius 1 is 1.03 bits per heavy atom. The van der Waals surface area contributed by atoms with Crippen LogP contribution in [-0.2, 0) is 4.57 Å². The Morgan fingerprint density at radius 3 is 2.61 bits per heavy atom. The van der Waals surface area contributed by atoms with Crippen LogP contribution in [0.4, 0.5) is 5.95 Å². The van der Waals surface area contributed by atoms with Gasteiger partial charge in [0, 0.05) is 23.4 Å². The SMILES string of the molecule is O=P(O)(O)c1ccc(-c2cccc(-c3cccn4nc(NC5CCCCC5)nc34)c2)o1. The Morgan fingerprint density at radius 2 is 1.84 bits per heavy atom. The molecule has 9 heteroatoms. The van der Waals surface area contributed by atoms with Gasteiger partial charge >= 0.3 is 7.60 Å². The summed E-state index contributed by atoms with van der Waals surface area (Å²) in [5.74, 6) is 1.03. The predicted molar refractivity (Wildman–Crippen MR) is 118 cm³/mol. The maximum Gasteiger partial charge on any atom is 0.391 e. The van der Waals surface area contributed by atoms with Gasteiger partial charge in [0.1, 0.15) is 5.76 Å². The molecule has 0 spiro atoms. The Balaban J connectivity index is 1.48. The van der Waals surface area contributed by atoms with E-state index in [1.54, 1.807) is 10.6 Å². The summed E-state index contributed by atoms with van der Waals surface area (Å²) in [5.41, 5.74) is 2.95. The quantitative estimate of drug-likeness (QED) is 0.400. The molecule has 0 aliphatic heterocycles. The Hall–Kier alpha value is -2.93. The first-order valence-corrected chi connectivity index (χ1v) is 12.0. The number of furan rings is 1. The number of benzene rings is 1. The largest absolute Gasteiger partial charge is 0.448 e. The van der Waals surface area contributed by atoms with Crippen LogP contribution in [0, 0.1) is 0 Å². The van der Waals surface area contributed by atoms with Gasteiger partial charge in [-0.1, -0.05) is 37.5 Å². The van der Waals surface area contributed by atoms with Crippen molar-refractivity contribution in [3.8, 4) is 22.5 Å². The number of aromatic nitrogens is 3. The molecule has 0 amide bonds. The van der Waals surface area contributed by atoms with Gasteiger partial charge in [-0.05, 0) is 48.7 Å². The molecule has 160 valence electrons. The van der Waals surface area contributed by atoms with Gasteiger partial charge < -0.3 is 19.5 Å². The van der Waals surface area contributed by atoms with Crippen LogP contribution < -0.4 is 10.8 Å². The van der Waals surface area contributed by atoms with Crippen molar-refractivity contribution in [3.05, 3.63) is 54.7 Å². The number of nitrogens with zero attached hydrogens (tertiary/aromatic N) is 3. The lowest BCUT2D eigenvalue weighted by Crippen LogP contribution is -2.22. The molecule has 3 heterocycles. The van der Waals surface area contributed by atoms with Crippen molar-refractivity contribution in [2.45, 2.75) is 38.1 Å². The average molecular weight is 438 g/mol. The van der Waals surface area contributed by atoms with Crippen LogP contribution in [0.1, 0.15) is 32.1 Å². The summed E-state index contributed by atoms with van der Waals surface area (Å²) in [7, 11) is -4.43. The van der Waals surface area contributed by atoms with Crippen LogP contribution in [0.3, 0.4) is 0 Å². The van der Waals surface area contributed by atoms with Crippen LogP contribution in [-0.4, -0.2) is 30.4 Å². The van der Waals surface area contributed by atoms with Gasteiger partial charge in [0.2, 0.25) is 11.4 Å². The highest BCUT2D eigenvalue weighted by Crippen LogP contribution is 2.36. The average Bonchev–Trinajstić information content (AvgIpc) is 3.41. The minimum absolute atomic E-state index is 0.342. The Labute approximate surface area is 179 Å². The monoisotopic (exact) mass is 438 g/mol. The normalized spacial score (nSPS) is 15.4. The lowest BCUT2D eigenvalue weighted by molar-refractivity contribution is 0.377. The van der Waals surface area contributed by atoms with E-state index in [0.717, 1.165) is 35.2 Å². The molecule has 8 nitrogen and oxygen atoms in total. The van der Waals surface area contributed by atoms with Crippen molar-refractivity contribution in [2.75, 3.05) is 5.32 Å². The summed E-state index contributed by atoms with van der Waals surface area (Å²) < 4.78 is 18.6. The topological polar surface area (TPSA) is 113 Å². The molecule has 3 aromatic heterocycles. The Kier molecular flexibility index (Phi) is 5.14. The lowest BCUT2D eigenvalue weighted by Gasteiger charge is -2.21. The lowest BCUT2D eigenvalue weighted by atomic mass is 9.96. The fraction of sp³-hybridized carbons (Fsp3) is 0.273. The predicted octanol–water partition coefficient (Wildman–Crippen LogP) is 4.20. The fourth-order valence-electron chi connectivity index (χ4n) is 4.10.